The minimum atomic E-state index is -0.126. The second kappa shape index (κ2) is 5.05. The predicted molar refractivity (Wildman–Crippen MR) is 72.0 cm³/mol. The number of carbonyl (C=O) groups is 1. The zero-order chi connectivity index (χ0) is 13.2. The van der Waals surface area contributed by atoms with Gasteiger partial charge in [0, 0.05) is 24.4 Å². The van der Waals surface area contributed by atoms with Crippen molar-refractivity contribution in [2.45, 2.75) is 32.2 Å². The van der Waals surface area contributed by atoms with Gasteiger partial charge < -0.3 is 5.32 Å². The number of carbonyl (C=O) groups excluding carboxylic acids is 1. The summed E-state index contributed by atoms with van der Waals surface area (Å²) in [5, 5.41) is 6.68. The first-order valence-corrected chi connectivity index (χ1v) is 7.03. The fourth-order valence-electron chi connectivity index (χ4n) is 1.86. The van der Waals surface area contributed by atoms with Crippen LogP contribution < -0.4 is 5.32 Å². The first-order valence-electron chi connectivity index (χ1n) is 6.26. The molecule has 2 heterocycles. The molecule has 0 bridgehead atoms. The van der Waals surface area contributed by atoms with Crippen LogP contribution in [0.4, 0.5) is 0 Å². The Kier molecular flexibility index (Phi) is 3.25. The van der Waals surface area contributed by atoms with E-state index in [-0.39, 0.29) is 5.91 Å². The van der Waals surface area contributed by atoms with E-state index >= 15 is 0 Å². The molecule has 1 fully saturated rings. The van der Waals surface area contributed by atoms with Gasteiger partial charge in [-0.3, -0.25) is 9.78 Å². The maximum Gasteiger partial charge on any atom is 0.265 e. The third-order valence-corrected chi connectivity index (χ3v) is 3.98. The first-order chi connectivity index (χ1) is 9.24. The lowest BCUT2D eigenvalue weighted by molar-refractivity contribution is 0.0954. The van der Waals surface area contributed by atoms with Crippen molar-refractivity contribution in [2.24, 2.45) is 0 Å². The van der Waals surface area contributed by atoms with Crippen molar-refractivity contribution in [3.8, 4) is 0 Å². The highest BCUT2D eigenvalue weighted by Crippen LogP contribution is 2.38. The lowest BCUT2D eigenvalue weighted by Gasteiger charge is -2.04. The second-order valence-corrected chi connectivity index (χ2v) is 5.49. The predicted octanol–water partition coefficient (Wildman–Crippen LogP) is 2.05. The minimum absolute atomic E-state index is 0.126. The molecule has 1 aliphatic carbocycles. The topological polar surface area (TPSA) is 67.8 Å². The van der Waals surface area contributed by atoms with Gasteiger partial charge in [-0.05, 0) is 42.9 Å². The van der Waals surface area contributed by atoms with Crippen LogP contribution in [-0.2, 0) is 6.54 Å². The van der Waals surface area contributed by atoms with Crippen LogP contribution in [-0.4, -0.2) is 20.5 Å². The van der Waals surface area contributed by atoms with Crippen molar-refractivity contribution in [3.05, 3.63) is 40.2 Å². The zero-order valence-corrected chi connectivity index (χ0v) is 11.4. The Labute approximate surface area is 115 Å². The molecule has 0 atom stereocenters. The Morgan fingerprint density at radius 2 is 2.32 bits per heavy atom. The molecular formula is C13H14N4OS. The summed E-state index contributed by atoms with van der Waals surface area (Å²) < 4.78 is 3.75. The monoisotopic (exact) mass is 274 g/mol. The summed E-state index contributed by atoms with van der Waals surface area (Å²) in [5.41, 5.74) is 2.84. The largest absolute Gasteiger partial charge is 0.347 e. The van der Waals surface area contributed by atoms with E-state index in [4.69, 9.17) is 0 Å². The molecule has 0 aliphatic heterocycles. The van der Waals surface area contributed by atoms with Crippen LogP contribution in [0.2, 0.25) is 0 Å². The molecule has 1 N–H and O–H groups in total. The van der Waals surface area contributed by atoms with E-state index in [1.165, 1.54) is 12.8 Å². The van der Waals surface area contributed by atoms with Crippen molar-refractivity contribution >= 4 is 17.4 Å². The first kappa shape index (κ1) is 12.2. The van der Waals surface area contributed by atoms with Crippen molar-refractivity contribution in [1.82, 2.24) is 19.9 Å². The number of hydrogen-bond acceptors (Lipinski definition) is 5. The Morgan fingerprint density at radius 3 is 2.89 bits per heavy atom. The third kappa shape index (κ3) is 2.78. The molecule has 1 amide bonds. The summed E-state index contributed by atoms with van der Waals surface area (Å²) in [6, 6.07) is 4.08. The Balaban J connectivity index is 1.59. The highest BCUT2D eigenvalue weighted by atomic mass is 32.1. The number of aryl methyl sites for hydroxylation is 1. The molecule has 5 nitrogen and oxygen atoms in total. The van der Waals surface area contributed by atoms with Gasteiger partial charge in [0.1, 0.15) is 4.88 Å². The molecule has 3 rings (SSSR count). The number of nitrogens with one attached hydrogen (secondary N) is 1. The van der Waals surface area contributed by atoms with Crippen LogP contribution in [0.15, 0.2) is 18.3 Å². The fourth-order valence-corrected chi connectivity index (χ4v) is 2.44. The van der Waals surface area contributed by atoms with Gasteiger partial charge in [-0.15, -0.1) is 5.10 Å². The van der Waals surface area contributed by atoms with Crippen LogP contribution in [0.25, 0.3) is 0 Å². The van der Waals surface area contributed by atoms with Gasteiger partial charge in [-0.1, -0.05) is 10.6 Å². The van der Waals surface area contributed by atoms with Gasteiger partial charge in [-0.2, -0.15) is 0 Å². The Morgan fingerprint density at radius 1 is 1.47 bits per heavy atom. The molecule has 1 saturated carbocycles. The lowest BCUT2D eigenvalue weighted by Crippen LogP contribution is -2.22. The molecule has 2 aromatic heterocycles. The summed E-state index contributed by atoms with van der Waals surface area (Å²) in [7, 11) is 0. The summed E-state index contributed by atoms with van der Waals surface area (Å²) in [5.74, 6) is 0.535. The second-order valence-electron chi connectivity index (χ2n) is 4.74. The highest BCUT2D eigenvalue weighted by molar-refractivity contribution is 7.07. The Hall–Kier alpha value is -1.82. The molecule has 1 aliphatic rings. The lowest BCUT2D eigenvalue weighted by atomic mass is 10.2. The average Bonchev–Trinajstić information content (AvgIpc) is 3.19. The molecule has 0 radical (unpaired) electrons. The van der Waals surface area contributed by atoms with E-state index in [1.807, 2.05) is 12.3 Å². The van der Waals surface area contributed by atoms with Crippen molar-refractivity contribution in [2.75, 3.05) is 0 Å². The molecule has 0 saturated heterocycles. The molecular weight excluding hydrogens is 260 g/mol. The van der Waals surface area contributed by atoms with Crippen LogP contribution in [0.5, 0.6) is 0 Å². The molecule has 2 aromatic rings. The van der Waals surface area contributed by atoms with Gasteiger partial charge in [0.15, 0.2) is 0 Å². The van der Waals surface area contributed by atoms with Gasteiger partial charge in [0.2, 0.25) is 0 Å². The van der Waals surface area contributed by atoms with Crippen molar-refractivity contribution in [3.63, 3.8) is 0 Å². The minimum Gasteiger partial charge on any atom is -0.347 e. The number of aromatic nitrogens is 3. The average molecular weight is 274 g/mol. The van der Waals surface area contributed by atoms with E-state index in [0.29, 0.717) is 23.0 Å². The van der Waals surface area contributed by atoms with Crippen LogP contribution >= 0.6 is 11.5 Å². The number of hydrogen-bond donors (Lipinski definition) is 1. The van der Waals surface area contributed by atoms with E-state index in [1.54, 1.807) is 6.92 Å². The summed E-state index contributed by atoms with van der Waals surface area (Å²) in [4.78, 5) is 16.9. The number of nitrogens with zero attached hydrogens (tertiary/aromatic N) is 3. The SMILES string of the molecule is Cc1nnsc1C(=O)NCc1ccc(C2CC2)nc1. The summed E-state index contributed by atoms with van der Waals surface area (Å²) in [6.45, 7) is 2.26. The molecule has 19 heavy (non-hydrogen) atoms. The van der Waals surface area contributed by atoms with Crippen LogP contribution in [0.3, 0.4) is 0 Å². The zero-order valence-electron chi connectivity index (χ0n) is 10.6. The maximum atomic E-state index is 11.9. The van der Waals surface area contributed by atoms with Crippen LogP contribution in [0, 0.1) is 6.92 Å². The summed E-state index contributed by atoms with van der Waals surface area (Å²) in [6.07, 6.45) is 4.34. The highest BCUT2D eigenvalue weighted by Gasteiger charge is 2.24. The normalized spacial score (nSPS) is 14.4. The fraction of sp³-hybridized carbons (Fsp3) is 0.385. The number of rotatable bonds is 4. The molecule has 98 valence electrons. The van der Waals surface area contributed by atoms with E-state index < -0.39 is 0 Å². The van der Waals surface area contributed by atoms with Crippen molar-refractivity contribution < 1.29 is 4.79 Å². The maximum absolute atomic E-state index is 11.9. The smallest absolute Gasteiger partial charge is 0.265 e. The van der Waals surface area contributed by atoms with Gasteiger partial charge in [-0.25, -0.2) is 0 Å². The number of amides is 1. The number of pyridine rings is 1. The summed E-state index contributed by atoms with van der Waals surface area (Å²) >= 11 is 1.12. The quantitative estimate of drug-likeness (QED) is 0.926. The van der Waals surface area contributed by atoms with Gasteiger partial charge in [0.25, 0.3) is 5.91 Å². The van der Waals surface area contributed by atoms with Gasteiger partial charge >= 0.3 is 0 Å². The standard InChI is InChI=1S/C13H14N4OS/c1-8-12(19-17-16-8)13(18)15-7-9-2-5-11(14-6-9)10-3-4-10/h2,5-6,10H,3-4,7H2,1H3,(H,15,18). The van der Waals surface area contributed by atoms with Gasteiger partial charge in [0.05, 0.1) is 5.69 Å². The molecule has 0 aromatic carbocycles. The van der Waals surface area contributed by atoms with Crippen molar-refractivity contribution in [1.29, 1.82) is 0 Å². The Bertz CT molecular complexity index is 589. The third-order valence-electron chi connectivity index (χ3n) is 3.15. The van der Waals surface area contributed by atoms with E-state index in [9.17, 15) is 4.79 Å². The molecule has 6 heteroatoms. The van der Waals surface area contributed by atoms with Crippen LogP contribution in [0.1, 0.15) is 45.4 Å². The molecule has 0 spiro atoms. The van der Waals surface area contributed by atoms with E-state index in [2.05, 4.69) is 26.0 Å². The molecule has 0 unspecified atom stereocenters. The van der Waals surface area contributed by atoms with E-state index in [0.717, 1.165) is 22.8 Å².